The van der Waals surface area contributed by atoms with Gasteiger partial charge in [0.2, 0.25) is 0 Å². The summed E-state index contributed by atoms with van der Waals surface area (Å²) in [6.07, 6.45) is 3.72. The lowest BCUT2D eigenvalue weighted by Crippen LogP contribution is -2.05. The number of methoxy groups -OCH3 is 1. The van der Waals surface area contributed by atoms with E-state index in [1.165, 1.54) is 12.7 Å². The maximum atomic E-state index is 11.7. The van der Waals surface area contributed by atoms with Crippen molar-refractivity contribution in [3.05, 3.63) is 72.1 Å². The lowest BCUT2D eigenvalue weighted by atomic mass is 10.0. The van der Waals surface area contributed by atoms with E-state index in [1.807, 2.05) is 35.1 Å². The topological polar surface area (TPSA) is 70.1 Å². The van der Waals surface area contributed by atoms with Crippen LogP contribution in [0.3, 0.4) is 0 Å². The Kier molecular flexibility index (Phi) is 4.10. The van der Waals surface area contributed by atoms with E-state index in [-0.39, 0.29) is 0 Å². The molecule has 3 aromatic rings. The predicted molar refractivity (Wildman–Crippen MR) is 89.0 cm³/mol. The third kappa shape index (κ3) is 3.23. The molecule has 116 valence electrons. The number of benzene rings is 2. The number of nitrogen functional groups attached to an aromatic ring is 1. The van der Waals surface area contributed by atoms with Gasteiger partial charge in [-0.2, -0.15) is 5.10 Å². The van der Waals surface area contributed by atoms with E-state index >= 15 is 0 Å². The summed E-state index contributed by atoms with van der Waals surface area (Å²) in [7, 11) is 1.34. The van der Waals surface area contributed by atoms with Crippen molar-refractivity contribution in [1.29, 1.82) is 0 Å². The lowest BCUT2D eigenvalue weighted by molar-refractivity contribution is 0.0602. The van der Waals surface area contributed by atoms with Gasteiger partial charge in [0, 0.05) is 17.4 Å². The molecule has 1 heterocycles. The highest BCUT2D eigenvalue weighted by molar-refractivity contribution is 5.96. The molecule has 0 aliphatic carbocycles. The van der Waals surface area contributed by atoms with Crippen LogP contribution in [-0.4, -0.2) is 22.9 Å². The highest BCUT2D eigenvalue weighted by Gasteiger charge is 2.12. The Morgan fingerprint density at radius 1 is 1.17 bits per heavy atom. The van der Waals surface area contributed by atoms with Crippen molar-refractivity contribution in [2.75, 3.05) is 12.8 Å². The van der Waals surface area contributed by atoms with E-state index in [2.05, 4.69) is 17.2 Å². The van der Waals surface area contributed by atoms with Gasteiger partial charge in [0.15, 0.2) is 0 Å². The third-order valence-corrected chi connectivity index (χ3v) is 3.61. The van der Waals surface area contributed by atoms with Crippen LogP contribution in [0.15, 0.2) is 60.9 Å². The van der Waals surface area contributed by atoms with Gasteiger partial charge in [0.1, 0.15) is 0 Å². The van der Waals surface area contributed by atoms with Crippen molar-refractivity contribution in [3.63, 3.8) is 0 Å². The summed E-state index contributed by atoms with van der Waals surface area (Å²) in [6, 6.07) is 15.4. The zero-order chi connectivity index (χ0) is 16.2. The largest absolute Gasteiger partial charge is 0.465 e. The fourth-order valence-electron chi connectivity index (χ4n) is 2.39. The van der Waals surface area contributed by atoms with Crippen molar-refractivity contribution in [2.24, 2.45) is 0 Å². The predicted octanol–water partition coefficient (Wildman–Crippen LogP) is 2.97. The van der Waals surface area contributed by atoms with Gasteiger partial charge >= 0.3 is 5.97 Å². The molecular weight excluding hydrogens is 290 g/mol. The number of carbonyl (C=O) groups is 1. The molecule has 0 saturated carbocycles. The smallest absolute Gasteiger partial charge is 0.339 e. The number of rotatable bonds is 4. The summed E-state index contributed by atoms with van der Waals surface area (Å²) in [5.74, 6) is -0.443. The average molecular weight is 307 g/mol. The van der Waals surface area contributed by atoms with Gasteiger partial charge in [0.25, 0.3) is 0 Å². The summed E-state index contributed by atoms with van der Waals surface area (Å²) < 4.78 is 6.61. The first kappa shape index (κ1) is 14.8. The standard InChI is InChI=1S/C18H17N3O2/c1-23-18(22)16-9-14(7-8-17(16)19)15-10-20-21(12-15)11-13-5-3-2-4-6-13/h2-10,12H,11,19H2,1H3. The van der Waals surface area contributed by atoms with Crippen LogP contribution < -0.4 is 5.73 Å². The summed E-state index contributed by atoms with van der Waals surface area (Å²) in [6.45, 7) is 0.694. The monoisotopic (exact) mass is 307 g/mol. The molecule has 0 saturated heterocycles. The van der Waals surface area contributed by atoms with Crippen LogP contribution in [0, 0.1) is 0 Å². The molecule has 0 atom stereocenters. The van der Waals surface area contributed by atoms with Crippen LogP contribution in [0.4, 0.5) is 5.69 Å². The van der Waals surface area contributed by atoms with Gasteiger partial charge in [0.05, 0.1) is 25.4 Å². The molecule has 0 unspecified atom stereocenters. The number of anilines is 1. The highest BCUT2D eigenvalue weighted by atomic mass is 16.5. The number of nitrogens with two attached hydrogens (primary N) is 1. The van der Waals surface area contributed by atoms with Gasteiger partial charge in [-0.1, -0.05) is 36.4 Å². The molecule has 0 radical (unpaired) electrons. The Hall–Kier alpha value is -3.08. The van der Waals surface area contributed by atoms with Crippen molar-refractivity contribution in [1.82, 2.24) is 9.78 Å². The van der Waals surface area contributed by atoms with Crippen molar-refractivity contribution < 1.29 is 9.53 Å². The first-order valence-corrected chi connectivity index (χ1v) is 7.22. The molecule has 3 rings (SSSR count). The summed E-state index contributed by atoms with van der Waals surface area (Å²) in [5.41, 5.74) is 9.56. The number of hydrogen-bond donors (Lipinski definition) is 1. The summed E-state index contributed by atoms with van der Waals surface area (Å²) in [5, 5.41) is 4.37. The molecule has 5 heteroatoms. The zero-order valence-corrected chi connectivity index (χ0v) is 12.8. The number of hydrogen-bond acceptors (Lipinski definition) is 4. The van der Waals surface area contributed by atoms with Crippen LogP contribution in [-0.2, 0) is 11.3 Å². The maximum Gasteiger partial charge on any atom is 0.339 e. The molecule has 23 heavy (non-hydrogen) atoms. The summed E-state index contributed by atoms with van der Waals surface area (Å²) in [4.78, 5) is 11.7. The molecule has 5 nitrogen and oxygen atoms in total. The fourth-order valence-corrected chi connectivity index (χ4v) is 2.39. The van der Waals surface area contributed by atoms with Crippen molar-refractivity contribution in [2.45, 2.75) is 6.54 Å². The van der Waals surface area contributed by atoms with E-state index in [0.29, 0.717) is 17.8 Å². The van der Waals surface area contributed by atoms with Crippen LogP contribution in [0.2, 0.25) is 0 Å². The summed E-state index contributed by atoms with van der Waals surface area (Å²) >= 11 is 0. The Balaban J connectivity index is 1.87. The van der Waals surface area contributed by atoms with Crippen LogP contribution in [0.25, 0.3) is 11.1 Å². The molecule has 0 bridgehead atoms. The third-order valence-electron chi connectivity index (χ3n) is 3.61. The second kappa shape index (κ2) is 6.36. The molecular formula is C18H17N3O2. The van der Waals surface area contributed by atoms with Gasteiger partial charge in [-0.15, -0.1) is 0 Å². The number of ether oxygens (including phenoxy) is 1. The van der Waals surface area contributed by atoms with E-state index in [1.54, 1.807) is 18.3 Å². The van der Waals surface area contributed by atoms with Gasteiger partial charge in [-0.05, 0) is 23.3 Å². The van der Waals surface area contributed by atoms with E-state index in [9.17, 15) is 4.79 Å². The number of carbonyl (C=O) groups excluding carboxylic acids is 1. The molecule has 0 amide bonds. The van der Waals surface area contributed by atoms with Gasteiger partial charge in [-0.3, -0.25) is 4.68 Å². The van der Waals surface area contributed by atoms with Gasteiger partial charge in [-0.25, -0.2) is 4.79 Å². The normalized spacial score (nSPS) is 10.5. The molecule has 1 aromatic heterocycles. The molecule has 2 aromatic carbocycles. The Morgan fingerprint density at radius 3 is 2.70 bits per heavy atom. The lowest BCUT2D eigenvalue weighted by Gasteiger charge is -2.06. The van der Waals surface area contributed by atoms with Crippen LogP contribution in [0.1, 0.15) is 15.9 Å². The minimum Gasteiger partial charge on any atom is -0.465 e. The molecule has 0 spiro atoms. The Morgan fingerprint density at radius 2 is 1.96 bits per heavy atom. The Labute approximate surface area is 134 Å². The second-order valence-electron chi connectivity index (χ2n) is 5.21. The maximum absolute atomic E-state index is 11.7. The first-order valence-electron chi connectivity index (χ1n) is 7.22. The minimum atomic E-state index is -0.443. The van der Waals surface area contributed by atoms with E-state index < -0.39 is 5.97 Å². The second-order valence-corrected chi connectivity index (χ2v) is 5.21. The zero-order valence-electron chi connectivity index (χ0n) is 12.8. The SMILES string of the molecule is COC(=O)c1cc(-c2cnn(Cc3ccccc3)c2)ccc1N. The fraction of sp³-hybridized carbons (Fsp3) is 0.111. The highest BCUT2D eigenvalue weighted by Crippen LogP contribution is 2.24. The van der Waals surface area contributed by atoms with Crippen molar-refractivity contribution >= 4 is 11.7 Å². The van der Waals surface area contributed by atoms with Crippen LogP contribution >= 0.6 is 0 Å². The molecule has 2 N–H and O–H groups in total. The number of aromatic nitrogens is 2. The molecule has 0 fully saturated rings. The molecule has 0 aliphatic rings. The van der Waals surface area contributed by atoms with Crippen LogP contribution in [0.5, 0.6) is 0 Å². The van der Waals surface area contributed by atoms with Crippen molar-refractivity contribution in [3.8, 4) is 11.1 Å². The number of esters is 1. The first-order chi connectivity index (χ1) is 11.2. The Bertz CT molecular complexity index is 825. The van der Waals surface area contributed by atoms with Gasteiger partial charge < -0.3 is 10.5 Å². The minimum absolute atomic E-state index is 0.362. The molecule has 0 aliphatic heterocycles. The number of nitrogens with zero attached hydrogens (tertiary/aromatic N) is 2. The average Bonchev–Trinajstić information content (AvgIpc) is 3.04. The quantitative estimate of drug-likeness (QED) is 0.594. The van der Waals surface area contributed by atoms with E-state index in [4.69, 9.17) is 10.5 Å². The van der Waals surface area contributed by atoms with E-state index in [0.717, 1.165) is 11.1 Å².